The van der Waals surface area contributed by atoms with Crippen LogP contribution in [0.5, 0.6) is 0 Å². The molecule has 1 saturated heterocycles. The molecule has 0 aromatic rings. The minimum absolute atomic E-state index is 0.0609. The zero-order valence-electron chi connectivity index (χ0n) is 9.37. The Morgan fingerprint density at radius 3 is 2.40 bits per heavy atom. The molecule has 3 heteroatoms. The van der Waals surface area contributed by atoms with E-state index in [1.807, 2.05) is 4.90 Å². The quantitative estimate of drug-likeness (QED) is 0.617. The summed E-state index contributed by atoms with van der Waals surface area (Å²) in [4.78, 5) is 24.7. The molecule has 3 nitrogen and oxygen atoms in total. The van der Waals surface area contributed by atoms with Crippen LogP contribution in [0.1, 0.15) is 45.4 Å². The van der Waals surface area contributed by atoms with Crippen LogP contribution in [0.15, 0.2) is 0 Å². The maximum atomic E-state index is 11.7. The van der Waals surface area contributed by atoms with E-state index < -0.39 is 0 Å². The second-order valence-electron chi connectivity index (χ2n) is 4.97. The molecule has 0 unspecified atom stereocenters. The van der Waals surface area contributed by atoms with Crippen LogP contribution in [-0.2, 0) is 9.59 Å². The van der Waals surface area contributed by atoms with Crippen molar-refractivity contribution in [2.24, 2.45) is 5.92 Å². The molecule has 0 bridgehead atoms. The van der Waals surface area contributed by atoms with Crippen LogP contribution in [0.3, 0.4) is 0 Å². The largest absolute Gasteiger partial charge is 0.339 e. The van der Waals surface area contributed by atoms with Gasteiger partial charge in [-0.2, -0.15) is 0 Å². The smallest absolute Gasteiger partial charge is 0.230 e. The lowest BCUT2D eigenvalue weighted by Crippen LogP contribution is -2.46. The van der Waals surface area contributed by atoms with Crippen molar-refractivity contribution in [3.63, 3.8) is 0 Å². The standard InChI is InChI=1S/C12H19NO2/c1-9-2-4-10(5-3-9)13-7-6-11(14)8-12(13)15/h9-10H,2-8H2,1H3. The Bertz CT molecular complexity index is 267. The van der Waals surface area contributed by atoms with E-state index in [-0.39, 0.29) is 18.1 Å². The second kappa shape index (κ2) is 4.33. The van der Waals surface area contributed by atoms with Gasteiger partial charge in [-0.1, -0.05) is 6.92 Å². The average molecular weight is 209 g/mol. The molecule has 0 N–H and O–H groups in total. The van der Waals surface area contributed by atoms with Crippen molar-refractivity contribution < 1.29 is 9.59 Å². The van der Waals surface area contributed by atoms with Gasteiger partial charge in [0.15, 0.2) is 0 Å². The van der Waals surface area contributed by atoms with Gasteiger partial charge in [-0.15, -0.1) is 0 Å². The lowest BCUT2D eigenvalue weighted by atomic mass is 9.86. The first-order chi connectivity index (χ1) is 7.16. The third-order valence-electron chi connectivity index (χ3n) is 3.73. The number of likely N-dealkylation sites (tertiary alicyclic amines) is 1. The van der Waals surface area contributed by atoms with E-state index in [9.17, 15) is 9.59 Å². The van der Waals surface area contributed by atoms with Crippen molar-refractivity contribution in [1.29, 1.82) is 0 Å². The molecule has 0 radical (unpaired) electrons. The average Bonchev–Trinajstić information content (AvgIpc) is 2.20. The summed E-state index contributed by atoms with van der Waals surface area (Å²) in [5.74, 6) is 0.981. The van der Waals surface area contributed by atoms with Crippen molar-refractivity contribution in [1.82, 2.24) is 4.90 Å². The number of carbonyl (C=O) groups is 2. The third-order valence-corrected chi connectivity index (χ3v) is 3.73. The van der Waals surface area contributed by atoms with Crippen LogP contribution < -0.4 is 0 Å². The van der Waals surface area contributed by atoms with E-state index in [4.69, 9.17) is 0 Å². The van der Waals surface area contributed by atoms with Crippen molar-refractivity contribution in [3.05, 3.63) is 0 Å². The Hall–Kier alpha value is -0.860. The highest BCUT2D eigenvalue weighted by Crippen LogP contribution is 2.28. The molecule has 15 heavy (non-hydrogen) atoms. The number of carbonyl (C=O) groups excluding carboxylic acids is 2. The van der Waals surface area contributed by atoms with Gasteiger partial charge in [-0.25, -0.2) is 0 Å². The summed E-state index contributed by atoms with van der Waals surface area (Å²) in [5, 5.41) is 0. The number of ketones is 1. The normalized spacial score (nSPS) is 33.3. The fourth-order valence-corrected chi connectivity index (χ4v) is 2.67. The van der Waals surface area contributed by atoms with Crippen molar-refractivity contribution >= 4 is 11.7 Å². The molecule has 0 spiro atoms. The summed E-state index contributed by atoms with van der Waals surface area (Å²) in [6, 6.07) is 0.418. The van der Waals surface area contributed by atoms with Gasteiger partial charge in [0.05, 0.1) is 6.42 Å². The first kappa shape index (κ1) is 10.7. The predicted octanol–water partition coefficient (Wildman–Crippen LogP) is 1.76. The van der Waals surface area contributed by atoms with Gasteiger partial charge in [0.1, 0.15) is 5.78 Å². The maximum absolute atomic E-state index is 11.7. The molecule has 2 aliphatic rings. The van der Waals surface area contributed by atoms with E-state index in [2.05, 4.69) is 6.92 Å². The molecule has 0 aromatic carbocycles. The summed E-state index contributed by atoms with van der Waals surface area (Å²) in [6.07, 6.45) is 5.41. The van der Waals surface area contributed by atoms with Crippen molar-refractivity contribution in [2.75, 3.05) is 6.54 Å². The molecule has 1 aliphatic carbocycles. The number of hydrogen-bond acceptors (Lipinski definition) is 2. The highest BCUT2D eigenvalue weighted by atomic mass is 16.2. The fraction of sp³-hybridized carbons (Fsp3) is 0.833. The number of rotatable bonds is 1. The molecule has 1 saturated carbocycles. The van der Waals surface area contributed by atoms with Gasteiger partial charge in [0.25, 0.3) is 0 Å². The van der Waals surface area contributed by atoms with Gasteiger partial charge < -0.3 is 4.90 Å². The first-order valence-corrected chi connectivity index (χ1v) is 5.98. The minimum atomic E-state index is 0.0609. The van der Waals surface area contributed by atoms with Gasteiger partial charge in [0.2, 0.25) is 5.91 Å². The Kier molecular flexibility index (Phi) is 3.08. The van der Waals surface area contributed by atoms with Crippen molar-refractivity contribution in [2.45, 2.75) is 51.5 Å². The van der Waals surface area contributed by atoms with E-state index in [1.54, 1.807) is 0 Å². The zero-order valence-corrected chi connectivity index (χ0v) is 9.37. The summed E-state index contributed by atoms with van der Waals surface area (Å²) >= 11 is 0. The molecule has 1 amide bonds. The molecule has 2 fully saturated rings. The van der Waals surface area contributed by atoms with Crippen LogP contribution in [0.25, 0.3) is 0 Å². The van der Waals surface area contributed by atoms with Crippen LogP contribution in [-0.4, -0.2) is 29.2 Å². The lowest BCUT2D eigenvalue weighted by molar-refractivity contribution is -0.142. The van der Waals surface area contributed by atoms with Crippen LogP contribution >= 0.6 is 0 Å². The summed E-state index contributed by atoms with van der Waals surface area (Å²) in [6.45, 7) is 2.94. The minimum Gasteiger partial charge on any atom is -0.339 e. The van der Waals surface area contributed by atoms with E-state index in [0.717, 1.165) is 18.8 Å². The third kappa shape index (κ3) is 2.39. The first-order valence-electron chi connectivity index (χ1n) is 5.98. The highest BCUT2D eigenvalue weighted by Gasteiger charge is 2.31. The highest BCUT2D eigenvalue weighted by molar-refractivity contribution is 6.00. The summed E-state index contributed by atoms with van der Waals surface area (Å²) in [5.41, 5.74) is 0. The number of nitrogens with zero attached hydrogens (tertiary/aromatic N) is 1. The summed E-state index contributed by atoms with van der Waals surface area (Å²) < 4.78 is 0. The van der Waals surface area contributed by atoms with Gasteiger partial charge in [0, 0.05) is 19.0 Å². The molecule has 1 aliphatic heterocycles. The number of Topliss-reactive ketones (excluding diaryl/α,β-unsaturated/α-hetero) is 1. The predicted molar refractivity (Wildman–Crippen MR) is 57.4 cm³/mol. The Balaban J connectivity index is 1.93. The van der Waals surface area contributed by atoms with Crippen molar-refractivity contribution in [3.8, 4) is 0 Å². The molecule has 0 aromatic heterocycles. The van der Waals surface area contributed by atoms with Crippen LogP contribution in [0.4, 0.5) is 0 Å². The number of amides is 1. The SMILES string of the molecule is CC1CCC(N2CCC(=O)CC2=O)CC1. The zero-order chi connectivity index (χ0) is 10.8. The summed E-state index contributed by atoms with van der Waals surface area (Å²) in [7, 11) is 0. The second-order valence-corrected chi connectivity index (χ2v) is 4.97. The van der Waals surface area contributed by atoms with Crippen LogP contribution in [0.2, 0.25) is 0 Å². The van der Waals surface area contributed by atoms with E-state index in [0.29, 0.717) is 19.0 Å². The monoisotopic (exact) mass is 209 g/mol. The van der Waals surface area contributed by atoms with E-state index >= 15 is 0 Å². The molecule has 0 atom stereocenters. The van der Waals surface area contributed by atoms with Gasteiger partial charge in [-0.3, -0.25) is 9.59 Å². The maximum Gasteiger partial charge on any atom is 0.230 e. The molecular formula is C12H19NO2. The number of hydrogen-bond donors (Lipinski definition) is 0. The fourth-order valence-electron chi connectivity index (χ4n) is 2.67. The molecule has 84 valence electrons. The molecule has 2 rings (SSSR count). The van der Waals surface area contributed by atoms with Gasteiger partial charge in [-0.05, 0) is 31.6 Å². The number of piperidine rings is 1. The lowest BCUT2D eigenvalue weighted by Gasteiger charge is -2.37. The Morgan fingerprint density at radius 1 is 1.13 bits per heavy atom. The molecular weight excluding hydrogens is 190 g/mol. The topological polar surface area (TPSA) is 37.4 Å². The van der Waals surface area contributed by atoms with Gasteiger partial charge >= 0.3 is 0 Å². The van der Waals surface area contributed by atoms with E-state index in [1.165, 1.54) is 12.8 Å². The Morgan fingerprint density at radius 2 is 1.80 bits per heavy atom. The van der Waals surface area contributed by atoms with Crippen LogP contribution in [0, 0.1) is 5.92 Å². The Labute approximate surface area is 90.8 Å². The molecule has 1 heterocycles.